The molecule has 1 aliphatic carbocycles. The van der Waals surface area contributed by atoms with Crippen molar-refractivity contribution < 1.29 is 22.5 Å². The van der Waals surface area contributed by atoms with E-state index in [4.69, 9.17) is 9.26 Å². The Labute approximate surface area is 132 Å². The normalized spacial score (nSPS) is 14.5. The van der Waals surface area contributed by atoms with Gasteiger partial charge in [0.25, 0.3) is 10.0 Å². The zero-order valence-electron chi connectivity index (χ0n) is 12.4. The first kappa shape index (κ1) is 15.5. The number of hydrogen-bond acceptors (Lipinski definition) is 7. The second-order valence-corrected chi connectivity index (χ2v) is 6.76. The van der Waals surface area contributed by atoms with Gasteiger partial charge in [0, 0.05) is 5.92 Å². The van der Waals surface area contributed by atoms with E-state index in [2.05, 4.69) is 14.9 Å². The first-order valence-electron chi connectivity index (χ1n) is 7.13. The summed E-state index contributed by atoms with van der Waals surface area (Å²) >= 11 is 0. The molecule has 0 aliphatic heterocycles. The van der Waals surface area contributed by atoms with Gasteiger partial charge in [-0.3, -0.25) is 0 Å². The van der Waals surface area contributed by atoms with Crippen LogP contribution in [-0.2, 0) is 14.8 Å². The lowest BCUT2D eigenvalue weighted by atomic mass is 10.2. The number of carbonyl (C=O) groups excluding carboxylic acids is 1. The van der Waals surface area contributed by atoms with Gasteiger partial charge in [0.05, 0.1) is 17.1 Å². The Morgan fingerprint density at radius 1 is 1.35 bits per heavy atom. The van der Waals surface area contributed by atoms with Crippen LogP contribution in [0.1, 0.15) is 41.9 Å². The van der Waals surface area contributed by atoms with Gasteiger partial charge in [0.2, 0.25) is 0 Å². The number of carbonyl (C=O) groups is 1. The lowest BCUT2D eigenvalue weighted by Crippen LogP contribution is -2.13. The van der Waals surface area contributed by atoms with Crippen LogP contribution in [0.3, 0.4) is 0 Å². The van der Waals surface area contributed by atoms with E-state index < -0.39 is 16.0 Å². The van der Waals surface area contributed by atoms with Crippen molar-refractivity contribution >= 4 is 22.0 Å². The molecule has 1 fully saturated rings. The van der Waals surface area contributed by atoms with Gasteiger partial charge in [0.1, 0.15) is 0 Å². The lowest BCUT2D eigenvalue weighted by molar-refractivity contribution is 0.0526. The first-order chi connectivity index (χ1) is 11.0. The molecule has 0 spiro atoms. The third kappa shape index (κ3) is 3.50. The largest absolute Gasteiger partial charge is 0.462 e. The molecule has 0 unspecified atom stereocenters. The molecule has 23 heavy (non-hydrogen) atoms. The Kier molecular flexibility index (Phi) is 4.03. The third-order valence-electron chi connectivity index (χ3n) is 3.28. The molecule has 1 aromatic heterocycles. The van der Waals surface area contributed by atoms with Gasteiger partial charge in [-0.1, -0.05) is 5.16 Å². The molecule has 0 atom stereocenters. The lowest BCUT2D eigenvalue weighted by Gasteiger charge is -2.05. The smallest absolute Gasteiger partial charge is 0.338 e. The summed E-state index contributed by atoms with van der Waals surface area (Å²) in [5.41, 5.74) is 0.277. The predicted molar refractivity (Wildman–Crippen MR) is 79.5 cm³/mol. The van der Waals surface area contributed by atoms with Crippen LogP contribution in [0.4, 0.5) is 6.01 Å². The Bertz CT molecular complexity index is 809. The fourth-order valence-electron chi connectivity index (χ4n) is 1.94. The first-order valence-corrected chi connectivity index (χ1v) is 8.61. The number of aromatic nitrogens is 2. The number of rotatable bonds is 6. The van der Waals surface area contributed by atoms with Gasteiger partial charge >= 0.3 is 12.0 Å². The molecule has 1 N–H and O–H groups in total. The molecular weight excluding hydrogens is 322 g/mol. The number of esters is 1. The van der Waals surface area contributed by atoms with Crippen LogP contribution < -0.4 is 4.72 Å². The van der Waals surface area contributed by atoms with Gasteiger partial charge in [-0.05, 0) is 44.0 Å². The minimum atomic E-state index is -3.86. The van der Waals surface area contributed by atoms with Crippen molar-refractivity contribution in [2.24, 2.45) is 0 Å². The quantitative estimate of drug-likeness (QED) is 0.801. The Morgan fingerprint density at radius 3 is 2.65 bits per heavy atom. The van der Waals surface area contributed by atoms with Crippen molar-refractivity contribution in [1.29, 1.82) is 0 Å². The summed E-state index contributed by atoms with van der Waals surface area (Å²) in [7, 11) is -3.86. The summed E-state index contributed by atoms with van der Waals surface area (Å²) in [6.45, 7) is 1.95. The molecule has 9 heteroatoms. The molecule has 1 saturated carbocycles. The summed E-state index contributed by atoms with van der Waals surface area (Å²) in [5, 5.41) is 3.74. The monoisotopic (exact) mass is 337 g/mol. The number of anilines is 1. The zero-order valence-corrected chi connectivity index (χ0v) is 13.2. The summed E-state index contributed by atoms with van der Waals surface area (Å²) < 4.78 is 36.5. The summed E-state index contributed by atoms with van der Waals surface area (Å²) in [6.07, 6.45) is 1.97. The average Bonchev–Trinajstić information content (AvgIpc) is 3.28. The number of ether oxygens (including phenoxy) is 1. The van der Waals surface area contributed by atoms with E-state index in [-0.39, 0.29) is 29.0 Å². The molecule has 0 bridgehead atoms. The topological polar surface area (TPSA) is 111 Å². The van der Waals surface area contributed by atoms with Crippen LogP contribution in [0.15, 0.2) is 33.7 Å². The van der Waals surface area contributed by atoms with Gasteiger partial charge in [-0.25, -0.2) is 17.9 Å². The minimum absolute atomic E-state index is 0.0169. The summed E-state index contributed by atoms with van der Waals surface area (Å²) in [5.74, 6) is 0.275. The highest BCUT2D eigenvalue weighted by Gasteiger charge is 2.29. The molecule has 122 valence electrons. The number of hydrogen-bond donors (Lipinski definition) is 1. The van der Waals surface area contributed by atoms with Crippen molar-refractivity contribution in [3.05, 3.63) is 35.7 Å². The molecule has 8 nitrogen and oxygen atoms in total. The second kappa shape index (κ2) is 5.99. The molecule has 1 aromatic carbocycles. The highest BCUT2D eigenvalue weighted by molar-refractivity contribution is 7.92. The highest BCUT2D eigenvalue weighted by Crippen LogP contribution is 2.38. The standard InChI is InChI=1S/C14H15N3O5S/c1-2-21-13(18)10-5-7-11(8-6-10)23(19,20)17-14-15-12(16-22-14)9-3-4-9/h5-9H,2-4H2,1H3,(H,15,16,17). The van der Waals surface area contributed by atoms with E-state index in [0.717, 1.165) is 12.8 Å². The van der Waals surface area contributed by atoms with Crippen molar-refractivity contribution in [3.8, 4) is 0 Å². The fraction of sp³-hybridized carbons (Fsp3) is 0.357. The number of nitrogens with one attached hydrogen (secondary N) is 1. The van der Waals surface area contributed by atoms with E-state index in [1.54, 1.807) is 6.92 Å². The van der Waals surface area contributed by atoms with Gasteiger partial charge < -0.3 is 9.26 Å². The summed E-state index contributed by atoms with van der Waals surface area (Å²) in [6, 6.07) is 5.23. The van der Waals surface area contributed by atoms with Crippen LogP contribution in [0.25, 0.3) is 0 Å². The third-order valence-corrected chi connectivity index (χ3v) is 4.62. The molecular formula is C14H15N3O5S. The van der Waals surface area contributed by atoms with Crippen LogP contribution in [0, 0.1) is 0 Å². The van der Waals surface area contributed by atoms with E-state index in [9.17, 15) is 13.2 Å². The van der Waals surface area contributed by atoms with Gasteiger partial charge in [-0.15, -0.1) is 0 Å². The van der Waals surface area contributed by atoms with Crippen molar-refractivity contribution in [2.75, 3.05) is 11.3 Å². The molecule has 0 amide bonds. The maximum Gasteiger partial charge on any atom is 0.338 e. The van der Waals surface area contributed by atoms with Gasteiger partial charge in [-0.2, -0.15) is 4.98 Å². The fourth-order valence-corrected chi connectivity index (χ4v) is 2.87. The van der Waals surface area contributed by atoms with E-state index in [0.29, 0.717) is 5.82 Å². The predicted octanol–water partition coefficient (Wildman–Crippen LogP) is 1.92. The van der Waals surface area contributed by atoms with Crippen molar-refractivity contribution in [1.82, 2.24) is 10.1 Å². The molecule has 1 aliphatic rings. The number of nitrogens with zero attached hydrogens (tertiary/aromatic N) is 2. The number of benzene rings is 1. The van der Waals surface area contributed by atoms with Crippen LogP contribution in [0.5, 0.6) is 0 Å². The van der Waals surface area contributed by atoms with E-state index in [1.165, 1.54) is 24.3 Å². The highest BCUT2D eigenvalue weighted by atomic mass is 32.2. The van der Waals surface area contributed by atoms with Gasteiger partial charge in [0.15, 0.2) is 5.82 Å². The SMILES string of the molecule is CCOC(=O)c1ccc(S(=O)(=O)Nc2nc(C3CC3)no2)cc1. The maximum atomic E-state index is 12.2. The molecule has 2 aromatic rings. The summed E-state index contributed by atoms with van der Waals surface area (Å²) in [4.78, 5) is 15.5. The van der Waals surface area contributed by atoms with Crippen LogP contribution in [0.2, 0.25) is 0 Å². The maximum absolute atomic E-state index is 12.2. The molecule has 3 rings (SSSR count). The second-order valence-electron chi connectivity index (χ2n) is 5.08. The Balaban J connectivity index is 1.74. The minimum Gasteiger partial charge on any atom is -0.462 e. The van der Waals surface area contributed by atoms with Crippen molar-refractivity contribution in [2.45, 2.75) is 30.6 Å². The zero-order chi connectivity index (χ0) is 16.4. The van der Waals surface area contributed by atoms with Crippen LogP contribution >= 0.6 is 0 Å². The van der Waals surface area contributed by atoms with Crippen molar-refractivity contribution in [3.63, 3.8) is 0 Å². The Morgan fingerprint density at radius 2 is 2.04 bits per heavy atom. The van der Waals surface area contributed by atoms with E-state index >= 15 is 0 Å². The van der Waals surface area contributed by atoms with Crippen LogP contribution in [-0.4, -0.2) is 31.1 Å². The molecule has 1 heterocycles. The number of sulfonamides is 1. The Hall–Kier alpha value is -2.42. The average molecular weight is 337 g/mol. The van der Waals surface area contributed by atoms with E-state index in [1.807, 2.05) is 0 Å². The molecule has 0 radical (unpaired) electrons. The molecule has 0 saturated heterocycles.